The summed E-state index contributed by atoms with van der Waals surface area (Å²) in [6.07, 6.45) is 2.69. The van der Waals surface area contributed by atoms with Gasteiger partial charge in [-0.15, -0.1) is 0 Å². The van der Waals surface area contributed by atoms with Crippen molar-refractivity contribution in [2.24, 2.45) is 5.41 Å². The fourth-order valence-corrected chi connectivity index (χ4v) is 4.49. The van der Waals surface area contributed by atoms with E-state index in [9.17, 15) is 4.79 Å². The summed E-state index contributed by atoms with van der Waals surface area (Å²) in [5.74, 6) is 0.451. The molecule has 0 saturated carbocycles. The Labute approximate surface area is 195 Å². The second kappa shape index (κ2) is 9.33. The smallest absolute Gasteiger partial charge is 0.247 e. The molecule has 2 aromatic carbocycles. The van der Waals surface area contributed by atoms with E-state index in [0.29, 0.717) is 17.8 Å². The minimum absolute atomic E-state index is 0.111. The second-order valence-electron chi connectivity index (χ2n) is 9.27. The molecule has 1 spiro atoms. The number of hydrogen-bond acceptors (Lipinski definition) is 5. The lowest BCUT2D eigenvalue weighted by atomic mass is 9.78. The molecule has 0 unspecified atom stereocenters. The number of hydrogen-bond donors (Lipinski definition) is 2. The van der Waals surface area contributed by atoms with Crippen LogP contribution in [0.4, 0.5) is 11.5 Å². The van der Waals surface area contributed by atoms with Gasteiger partial charge in [0.2, 0.25) is 5.91 Å². The van der Waals surface area contributed by atoms with Gasteiger partial charge < -0.3 is 20.3 Å². The quantitative estimate of drug-likeness (QED) is 0.556. The lowest BCUT2D eigenvalue weighted by Gasteiger charge is -2.55. The second-order valence-corrected chi connectivity index (χ2v) is 9.27. The van der Waals surface area contributed by atoms with E-state index in [2.05, 4.69) is 51.7 Å². The van der Waals surface area contributed by atoms with Crippen molar-refractivity contribution < 1.29 is 9.53 Å². The minimum Gasteiger partial charge on any atom is -0.380 e. The van der Waals surface area contributed by atoms with Crippen LogP contribution >= 0.6 is 0 Å². The number of benzene rings is 2. The van der Waals surface area contributed by atoms with E-state index in [1.54, 1.807) is 0 Å². The average molecular weight is 443 g/mol. The van der Waals surface area contributed by atoms with Crippen molar-refractivity contribution in [2.45, 2.75) is 19.4 Å². The number of anilines is 2. The van der Waals surface area contributed by atoms with Crippen molar-refractivity contribution in [2.75, 3.05) is 43.1 Å². The zero-order valence-corrected chi connectivity index (χ0v) is 19.0. The maximum Gasteiger partial charge on any atom is 0.247 e. The Hall–Kier alpha value is -3.22. The molecule has 2 fully saturated rings. The van der Waals surface area contributed by atoms with Gasteiger partial charge in [0.15, 0.2) is 0 Å². The van der Waals surface area contributed by atoms with Gasteiger partial charge in [0.1, 0.15) is 11.9 Å². The van der Waals surface area contributed by atoms with Crippen molar-refractivity contribution in [1.29, 1.82) is 0 Å². The van der Waals surface area contributed by atoms with Crippen molar-refractivity contribution in [3.05, 3.63) is 89.6 Å². The number of rotatable bonds is 8. The Kier molecular flexibility index (Phi) is 6.11. The molecule has 1 amide bonds. The Morgan fingerprint density at radius 2 is 1.82 bits per heavy atom. The van der Waals surface area contributed by atoms with Crippen LogP contribution in [0.2, 0.25) is 0 Å². The van der Waals surface area contributed by atoms with Crippen molar-refractivity contribution in [3.63, 3.8) is 0 Å². The Morgan fingerprint density at radius 1 is 1.06 bits per heavy atom. The van der Waals surface area contributed by atoms with Gasteiger partial charge in [0.25, 0.3) is 0 Å². The first-order valence-corrected chi connectivity index (χ1v) is 11.5. The van der Waals surface area contributed by atoms with Gasteiger partial charge in [-0.05, 0) is 36.6 Å². The highest BCUT2D eigenvalue weighted by Gasteiger charge is 2.49. The van der Waals surface area contributed by atoms with Crippen LogP contribution in [-0.2, 0) is 16.0 Å². The van der Waals surface area contributed by atoms with Crippen molar-refractivity contribution in [3.8, 4) is 0 Å². The summed E-state index contributed by atoms with van der Waals surface area (Å²) in [5, 5.41) is 6.42. The number of pyridine rings is 1. The van der Waals surface area contributed by atoms with Gasteiger partial charge in [-0.25, -0.2) is 4.98 Å². The highest BCUT2D eigenvalue weighted by molar-refractivity contribution is 5.94. The van der Waals surface area contributed by atoms with Crippen LogP contribution in [0.25, 0.3) is 0 Å². The number of nitrogens with zero attached hydrogens (tertiary/aromatic N) is 2. The zero-order valence-electron chi connectivity index (χ0n) is 19.0. The summed E-state index contributed by atoms with van der Waals surface area (Å²) in [6.45, 7) is 6.54. The topological polar surface area (TPSA) is 66.5 Å². The van der Waals surface area contributed by atoms with Gasteiger partial charge in [0, 0.05) is 19.6 Å². The third-order valence-electron chi connectivity index (χ3n) is 6.51. The number of amides is 1. The Morgan fingerprint density at radius 3 is 2.45 bits per heavy atom. The fraction of sp³-hybridized carbons (Fsp3) is 0.333. The summed E-state index contributed by atoms with van der Waals surface area (Å²) in [5.41, 5.74) is 4.88. The number of carbonyl (C=O) groups excluding carboxylic acids is 1. The lowest BCUT2D eigenvalue weighted by molar-refractivity contribution is -0.127. The van der Waals surface area contributed by atoms with E-state index >= 15 is 0 Å². The van der Waals surface area contributed by atoms with Crippen LogP contribution in [0.1, 0.15) is 22.7 Å². The van der Waals surface area contributed by atoms with Gasteiger partial charge >= 0.3 is 0 Å². The van der Waals surface area contributed by atoms with E-state index < -0.39 is 6.04 Å². The molecule has 0 radical (unpaired) electrons. The largest absolute Gasteiger partial charge is 0.380 e. The molecule has 33 heavy (non-hydrogen) atoms. The number of nitrogens with one attached hydrogen (secondary N) is 2. The van der Waals surface area contributed by atoms with E-state index in [-0.39, 0.29) is 5.91 Å². The van der Waals surface area contributed by atoms with Gasteiger partial charge in [0.05, 0.1) is 30.5 Å². The SMILES string of the molecule is Cc1ccc(CCN[C@H](C(=O)Nc2ccc(N3CC4(COC4)C3)cn2)c2ccccc2)cc1. The summed E-state index contributed by atoms with van der Waals surface area (Å²) < 4.78 is 5.35. The standard InChI is InChI=1S/C27H30N4O2/c1-20-7-9-21(10-8-20)13-14-28-25(22-5-3-2-4-6-22)26(32)30-24-12-11-23(15-29-24)31-16-27(17-31)18-33-19-27/h2-12,15,25,28H,13-14,16-19H2,1H3,(H,29,30,32)/t25-/m0/s1. The molecule has 0 bridgehead atoms. The van der Waals surface area contributed by atoms with E-state index in [1.165, 1.54) is 11.1 Å². The lowest BCUT2D eigenvalue weighted by Crippen LogP contribution is -2.66. The van der Waals surface area contributed by atoms with Gasteiger partial charge in [-0.2, -0.15) is 0 Å². The van der Waals surface area contributed by atoms with Crippen molar-refractivity contribution in [1.82, 2.24) is 10.3 Å². The summed E-state index contributed by atoms with van der Waals surface area (Å²) in [6, 6.07) is 21.8. The van der Waals surface area contributed by atoms with E-state index in [4.69, 9.17) is 4.74 Å². The molecule has 2 aliphatic rings. The molecule has 0 aliphatic carbocycles. The number of aromatic nitrogens is 1. The van der Waals surface area contributed by atoms with Crippen molar-refractivity contribution >= 4 is 17.4 Å². The molecule has 3 aromatic rings. The van der Waals surface area contributed by atoms with Gasteiger partial charge in [-0.1, -0.05) is 60.2 Å². The van der Waals surface area contributed by atoms with Crippen LogP contribution in [0.3, 0.4) is 0 Å². The maximum absolute atomic E-state index is 13.2. The molecule has 170 valence electrons. The zero-order chi connectivity index (χ0) is 22.7. The third kappa shape index (κ3) is 4.92. The number of carbonyl (C=O) groups is 1. The molecule has 6 heteroatoms. The third-order valence-corrected chi connectivity index (χ3v) is 6.51. The monoisotopic (exact) mass is 442 g/mol. The van der Waals surface area contributed by atoms with Crippen LogP contribution < -0.4 is 15.5 Å². The Bertz CT molecular complexity index is 1070. The van der Waals surface area contributed by atoms with Gasteiger partial charge in [-0.3, -0.25) is 4.79 Å². The molecule has 5 rings (SSSR count). The normalized spacial score (nSPS) is 17.2. The molecular formula is C27H30N4O2. The molecule has 2 saturated heterocycles. The predicted octanol–water partition coefficient (Wildman–Crippen LogP) is 3.74. The maximum atomic E-state index is 13.2. The molecule has 2 N–H and O–H groups in total. The summed E-state index contributed by atoms with van der Waals surface area (Å²) in [7, 11) is 0. The highest BCUT2D eigenvalue weighted by Crippen LogP contribution is 2.40. The van der Waals surface area contributed by atoms with E-state index in [1.807, 2.05) is 48.7 Å². The first kappa shape index (κ1) is 21.6. The van der Waals surface area contributed by atoms with Crippen LogP contribution in [0.15, 0.2) is 72.9 Å². The number of ether oxygens (including phenoxy) is 1. The molecular weight excluding hydrogens is 412 g/mol. The molecule has 6 nitrogen and oxygen atoms in total. The van der Waals surface area contributed by atoms with Crippen LogP contribution in [0.5, 0.6) is 0 Å². The molecule has 3 heterocycles. The molecule has 1 atom stereocenters. The first-order valence-electron chi connectivity index (χ1n) is 11.5. The Balaban J connectivity index is 1.20. The number of aryl methyl sites for hydroxylation is 1. The van der Waals surface area contributed by atoms with Crippen LogP contribution in [0, 0.1) is 12.3 Å². The average Bonchev–Trinajstić information content (AvgIpc) is 2.78. The fourth-order valence-electron chi connectivity index (χ4n) is 4.49. The first-order chi connectivity index (χ1) is 16.1. The summed E-state index contributed by atoms with van der Waals surface area (Å²) in [4.78, 5) is 20.0. The minimum atomic E-state index is -0.452. The predicted molar refractivity (Wildman–Crippen MR) is 130 cm³/mol. The van der Waals surface area contributed by atoms with E-state index in [0.717, 1.165) is 44.0 Å². The molecule has 1 aromatic heterocycles. The highest BCUT2D eigenvalue weighted by atomic mass is 16.5. The molecule has 2 aliphatic heterocycles. The summed E-state index contributed by atoms with van der Waals surface area (Å²) >= 11 is 0. The van der Waals surface area contributed by atoms with Crippen LogP contribution in [-0.4, -0.2) is 43.7 Å².